The summed E-state index contributed by atoms with van der Waals surface area (Å²) in [6, 6.07) is 17.3. The molecule has 1 N–H and O–H groups in total. The van der Waals surface area contributed by atoms with Crippen LogP contribution in [0.15, 0.2) is 77.9 Å². The first-order valence-corrected chi connectivity index (χ1v) is 12.5. The Balaban J connectivity index is 1.78. The van der Waals surface area contributed by atoms with Gasteiger partial charge in [0, 0.05) is 17.8 Å². The number of carbonyl (C=O) groups excluding carboxylic acids is 2. The molecule has 0 aliphatic carbocycles. The first-order valence-electron chi connectivity index (χ1n) is 11.8. The van der Waals surface area contributed by atoms with Gasteiger partial charge in [0.25, 0.3) is 17.2 Å². The molecule has 2 aromatic carbocycles. The zero-order chi connectivity index (χ0) is 26.3. The summed E-state index contributed by atoms with van der Waals surface area (Å²) in [7, 11) is 0. The highest BCUT2D eigenvalue weighted by molar-refractivity contribution is 6.53. The molecular weight excluding hydrogens is 511 g/mol. The first-order chi connectivity index (χ1) is 17.8. The largest absolute Gasteiger partial charge is 0.331 e. The van der Waals surface area contributed by atoms with Crippen molar-refractivity contribution in [3.05, 3.63) is 110 Å². The number of nitrogens with one attached hydrogen (secondary N) is 1. The summed E-state index contributed by atoms with van der Waals surface area (Å²) in [6.07, 6.45) is 4.56. The Hall–Kier alpha value is -3.94. The zero-order valence-corrected chi connectivity index (χ0v) is 21.7. The lowest BCUT2D eigenvalue weighted by Gasteiger charge is -2.14. The summed E-state index contributed by atoms with van der Waals surface area (Å²) in [5.74, 6) is -1.07. The molecule has 0 bridgehead atoms. The van der Waals surface area contributed by atoms with Crippen molar-refractivity contribution in [3.63, 3.8) is 0 Å². The molecule has 0 spiro atoms. The third-order valence-electron chi connectivity index (χ3n) is 6.17. The number of carbonyl (C=O) groups is 2. The minimum atomic E-state index is -0.559. The highest BCUT2D eigenvalue weighted by atomic mass is 35.5. The van der Waals surface area contributed by atoms with Crippen LogP contribution in [0.1, 0.15) is 30.2 Å². The van der Waals surface area contributed by atoms with Gasteiger partial charge in [-0.15, -0.1) is 0 Å². The lowest BCUT2D eigenvalue weighted by molar-refractivity contribution is -0.576. The number of aryl methyl sites for hydroxylation is 2. The average molecular weight is 534 g/mol. The molecule has 4 aromatic rings. The van der Waals surface area contributed by atoms with Gasteiger partial charge in [-0.25, -0.2) is 9.58 Å². The molecule has 3 heterocycles. The number of pyridine rings is 1. The molecule has 0 radical (unpaired) electrons. The van der Waals surface area contributed by atoms with E-state index in [1.807, 2.05) is 26.0 Å². The van der Waals surface area contributed by atoms with Crippen LogP contribution in [0.4, 0.5) is 5.69 Å². The molecule has 0 atom stereocenters. The molecule has 186 valence electrons. The topological polar surface area (TPSA) is 79.1 Å². The number of rotatable bonds is 6. The van der Waals surface area contributed by atoms with Gasteiger partial charge in [-0.2, -0.15) is 4.57 Å². The summed E-state index contributed by atoms with van der Waals surface area (Å²) < 4.78 is 2.91. The van der Waals surface area contributed by atoms with Gasteiger partial charge in [-0.3, -0.25) is 19.5 Å². The molecule has 1 aliphatic rings. The van der Waals surface area contributed by atoms with Crippen LogP contribution in [0.5, 0.6) is 0 Å². The predicted octanol–water partition coefficient (Wildman–Crippen LogP) is 4.96. The minimum absolute atomic E-state index is 0.0474. The molecule has 5 rings (SSSR count). The van der Waals surface area contributed by atoms with Crippen molar-refractivity contribution in [3.8, 4) is 5.69 Å². The summed E-state index contributed by atoms with van der Waals surface area (Å²) in [5.41, 5.74) is 2.21. The van der Waals surface area contributed by atoms with Crippen molar-refractivity contribution in [2.24, 2.45) is 0 Å². The number of benzene rings is 2. The quantitative estimate of drug-likeness (QED) is 0.281. The predicted molar refractivity (Wildman–Crippen MR) is 144 cm³/mol. The van der Waals surface area contributed by atoms with E-state index in [9.17, 15) is 14.4 Å². The molecule has 2 aromatic heterocycles. The molecular formula is C28H23Cl2N4O3+. The number of amides is 2. The van der Waals surface area contributed by atoms with Gasteiger partial charge in [0.1, 0.15) is 5.57 Å². The van der Waals surface area contributed by atoms with Crippen molar-refractivity contribution >= 4 is 52.0 Å². The van der Waals surface area contributed by atoms with Crippen LogP contribution >= 0.6 is 23.2 Å². The third kappa shape index (κ3) is 4.30. The standard InChI is InChI=1S/C28H22Cl2N4O3/c1-3-8-22-23(27(36)34(31-22)19-11-12-20(29)21(30)16-19)24-25(32-13-5-4-6-14-32)28(37)33(26(24)35)18-10-7-9-17(2)15-18/h4-7,9-16H,3,8H2,1-2H3/p+1. The molecule has 2 amide bonds. The second-order valence-electron chi connectivity index (χ2n) is 8.75. The van der Waals surface area contributed by atoms with Gasteiger partial charge >= 0.3 is 5.91 Å². The van der Waals surface area contributed by atoms with Crippen molar-refractivity contribution in [1.29, 1.82) is 0 Å². The zero-order valence-electron chi connectivity index (χ0n) is 20.2. The number of hydrogen-bond acceptors (Lipinski definition) is 3. The van der Waals surface area contributed by atoms with E-state index in [0.29, 0.717) is 34.9 Å². The van der Waals surface area contributed by atoms with E-state index >= 15 is 0 Å². The molecule has 0 saturated heterocycles. The SMILES string of the molecule is CCCc1[nH]n(-c2ccc(Cl)c(Cl)c2)c(=O)c1C1=C([n+]2ccccc2)C(=O)N(c2cccc(C)c2)C1=O. The summed E-state index contributed by atoms with van der Waals surface area (Å²) in [4.78, 5) is 42.9. The van der Waals surface area contributed by atoms with Crippen LogP contribution in [-0.4, -0.2) is 21.6 Å². The van der Waals surface area contributed by atoms with Crippen molar-refractivity contribution in [2.75, 3.05) is 4.90 Å². The van der Waals surface area contributed by atoms with Crippen molar-refractivity contribution in [1.82, 2.24) is 9.78 Å². The summed E-state index contributed by atoms with van der Waals surface area (Å²) in [6.45, 7) is 3.86. The number of aromatic amines is 1. The average Bonchev–Trinajstić information content (AvgIpc) is 3.33. The van der Waals surface area contributed by atoms with E-state index in [2.05, 4.69) is 5.10 Å². The van der Waals surface area contributed by atoms with Crippen LogP contribution in [-0.2, 0) is 16.0 Å². The Morgan fingerprint density at radius 3 is 2.30 bits per heavy atom. The molecule has 0 unspecified atom stereocenters. The van der Waals surface area contributed by atoms with Gasteiger partial charge < -0.3 is 0 Å². The van der Waals surface area contributed by atoms with E-state index in [-0.39, 0.29) is 21.9 Å². The van der Waals surface area contributed by atoms with Crippen LogP contribution < -0.4 is 15.0 Å². The van der Waals surface area contributed by atoms with Crippen LogP contribution in [0.25, 0.3) is 17.0 Å². The van der Waals surface area contributed by atoms with Gasteiger partial charge in [0.15, 0.2) is 12.4 Å². The number of hydrogen-bond donors (Lipinski definition) is 1. The third-order valence-corrected chi connectivity index (χ3v) is 6.91. The Morgan fingerprint density at radius 1 is 0.865 bits per heavy atom. The maximum atomic E-state index is 14.0. The van der Waals surface area contributed by atoms with E-state index in [0.717, 1.165) is 10.5 Å². The van der Waals surface area contributed by atoms with Crippen molar-refractivity contribution in [2.45, 2.75) is 26.7 Å². The molecule has 7 nitrogen and oxygen atoms in total. The van der Waals surface area contributed by atoms with Gasteiger partial charge in [-0.05, 0) is 49.2 Å². The maximum absolute atomic E-state index is 14.0. The van der Waals surface area contributed by atoms with Gasteiger partial charge in [0.05, 0.1) is 27.0 Å². The Labute approximate surface area is 223 Å². The van der Waals surface area contributed by atoms with Crippen LogP contribution in [0.2, 0.25) is 10.0 Å². The van der Waals surface area contributed by atoms with Crippen LogP contribution in [0.3, 0.4) is 0 Å². The molecule has 37 heavy (non-hydrogen) atoms. The number of imide groups is 1. The number of halogens is 2. The number of H-pyrrole nitrogens is 1. The van der Waals surface area contributed by atoms with E-state index < -0.39 is 17.4 Å². The Bertz CT molecular complexity index is 1640. The summed E-state index contributed by atoms with van der Waals surface area (Å²) in [5, 5.41) is 3.78. The normalized spacial score (nSPS) is 13.7. The van der Waals surface area contributed by atoms with E-state index in [1.165, 1.54) is 4.68 Å². The lowest BCUT2D eigenvalue weighted by Crippen LogP contribution is -2.39. The lowest BCUT2D eigenvalue weighted by atomic mass is 10.0. The first kappa shape index (κ1) is 24.7. The molecule has 0 fully saturated rings. The second kappa shape index (κ2) is 9.84. The number of nitrogens with zero attached hydrogens (tertiary/aromatic N) is 3. The van der Waals surface area contributed by atoms with Gasteiger partial charge in [-0.1, -0.05) is 54.7 Å². The minimum Gasteiger partial charge on any atom is -0.294 e. The smallest absolute Gasteiger partial charge is 0.294 e. The fourth-order valence-corrected chi connectivity index (χ4v) is 4.80. The fraction of sp³-hybridized carbons (Fsp3) is 0.143. The highest BCUT2D eigenvalue weighted by Crippen LogP contribution is 2.34. The Kier molecular flexibility index (Phi) is 6.58. The molecule has 0 saturated carbocycles. The molecule has 1 aliphatic heterocycles. The Morgan fingerprint density at radius 2 is 1.62 bits per heavy atom. The van der Waals surface area contributed by atoms with Crippen LogP contribution in [0, 0.1) is 6.92 Å². The van der Waals surface area contributed by atoms with Crippen molar-refractivity contribution < 1.29 is 14.2 Å². The maximum Gasteiger partial charge on any atom is 0.331 e. The number of anilines is 1. The summed E-state index contributed by atoms with van der Waals surface area (Å²) >= 11 is 12.3. The monoisotopic (exact) mass is 533 g/mol. The number of aromatic nitrogens is 3. The fourth-order valence-electron chi connectivity index (χ4n) is 4.51. The van der Waals surface area contributed by atoms with E-state index in [4.69, 9.17) is 23.2 Å². The molecule has 9 heteroatoms. The van der Waals surface area contributed by atoms with E-state index in [1.54, 1.807) is 65.5 Å². The van der Waals surface area contributed by atoms with Gasteiger partial charge in [0.2, 0.25) is 0 Å². The highest BCUT2D eigenvalue weighted by Gasteiger charge is 2.48. The second-order valence-corrected chi connectivity index (χ2v) is 9.56.